The van der Waals surface area contributed by atoms with Crippen LogP contribution in [0.25, 0.3) is 0 Å². The van der Waals surface area contributed by atoms with Crippen molar-refractivity contribution in [2.45, 2.75) is 66.1 Å². The predicted molar refractivity (Wildman–Crippen MR) is 116 cm³/mol. The molecule has 0 fully saturated rings. The van der Waals surface area contributed by atoms with E-state index in [0.29, 0.717) is 0 Å². The van der Waals surface area contributed by atoms with Crippen molar-refractivity contribution < 1.29 is 18.8 Å². The van der Waals surface area contributed by atoms with E-state index in [1.165, 1.54) is 0 Å². The molecule has 2 aromatic rings. The monoisotopic (exact) mass is 418 g/mol. The van der Waals surface area contributed by atoms with E-state index in [-0.39, 0.29) is 13.2 Å². The smallest absolute Gasteiger partial charge is 0.303 e. The first kappa shape index (κ1) is 23.8. The molecule has 2 aromatic carbocycles. The zero-order valence-electron chi connectivity index (χ0n) is 18.3. The molecule has 0 N–H and O–H groups in total. The van der Waals surface area contributed by atoms with Gasteiger partial charge in [-0.05, 0) is 37.3 Å². The fourth-order valence-electron chi connectivity index (χ4n) is 2.98. The highest BCUT2D eigenvalue weighted by atomic mass is 31.2. The average molecular weight is 418 g/mol. The van der Waals surface area contributed by atoms with Crippen LogP contribution in [0.1, 0.15) is 52.7 Å². The minimum Gasteiger partial charge on any atom is -0.303 e. The van der Waals surface area contributed by atoms with E-state index in [1.807, 2.05) is 81.4 Å². The van der Waals surface area contributed by atoms with Crippen LogP contribution >= 0.6 is 7.60 Å². The zero-order valence-corrected chi connectivity index (χ0v) is 19.2. The van der Waals surface area contributed by atoms with Crippen molar-refractivity contribution in [3.05, 3.63) is 71.8 Å². The number of nitrogens with zero attached hydrogens (tertiary/aromatic N) is 1. The molecule has 0 amide bonds. The summed E-state index contributed by atoms with van der Waals surface area (Å²) in [4.78, 5) is 0. The summed E-state index contributed by atoms with van der Waals surface area (Å²) in [6, 6.07) is 19.0. The van der Waals surface area contributed by atoms with Crippen molar-refractivity contribution in [3.8, 4) is 0 Å². The van der Waals surface area contributed by atoms with E-state index in [2.05, 4.69) is 0 Å². The van der Waals surface area contributed by atoms with E-state index >= 15 is 0 Å². The summed E-state index contributed by atoms with van der Waals surface area (Å²) in [5, 5.41) is 14.1. The van der Waals surface area contributed by atoms with E-state index in [9.17, 15) is 9.77 Å². The summed E-state index contributed by atoms with van der Waals surface area (Å²) < 4.78 is 26.0. The summed E-state index contributed by atoms with van der Waals surface area (Å²) in [6.45, 7) is 11.3. The highest BCUT2D eigenvalue weighted by molar-refractivity contribution is 7.54. The highest BCUT2D eigenvalue weighted by Crippen LogP contribution is 2.61. The van der Waals surface area contributed by atoms with Crippen LogP contribution in [0.5, 0.6) is 0 Å². The number of hydrogen-bond donors (Lipinski definition) is 0. The fourth-order valence-corrected chi connectivity index (χ4v) is 5.54. The predicted octanol–water partition coefficient (Wildman–Crippen LogP) is 6.43. The summed E-state index contributed by atoms with van der Waals surface area (Å²) in [7, 11) is -3.82. The van der Waals surface area contributed by atoms with Crippen LogP contribution in [0.4, 0.5) is 0 Å². The molecule has 0 saturated heterocycles. The Bertz CT molecular complexity index is 750. The molecular formula is C23H33NO4P. The Hall–Kier alpha value is -1.49. The number of benzene rings is 2. The van der Waals surface area contributed by atoms with Crippen LogP contribution < -0.4 is 0 Å². The Kier molecular flexibility index (Phi) is 7.83. The first-order valence-corrected chi connectivity index (χ1v) is 11.5. The average Bonchev–Trinajstić information content (AvgIpc) is 2.65. The molecule has 0 spiro atoms. The molecule has 0 aliphatic carbocycles. The van der Waals surface area contributed by atoms with Gasteiger partial charge in [0.05, 0.1) is 13.2 Å². The van der Waals surface area contributed by atoms with Crippen molar-refractivity contribution in [2.24, 2.45) is 5.41 Å². The van der Waals surface area contributed by atoms with Crippen LogP contribution in [-0.4, -0.2) is 16.4 Å². The van der Waals surface area contributed by atoms with Crippen molar-refractivity contribution in [1.29, 1.82) is 0 Å². The van der Waals surface area contributed by atoms with Crippen LogP contribution in [0, 0.1) is 5.41 Å². The Morgan fingerprint density at radius 2 is 1.17 bits per heavy atom. The van der Waals surface area contributed by atoms with Crippen molar-refractivity contribution in [1.82, 2.24) is 5.06 Å². The van der Waals surface area contributed by atoms with E-state index in [4.69, 9.17) is 9.05 Å². The second-order valence-corrected chi connectivity index (χ2v) is 11.4. The van der Waals surface area contributed by atoms with E-state index in [1.54, 1.807) is 20.8 Å². The molecule has 0 aliphatic heterocycles. The third kappa shape index (κ3) is 6.77. The molecule has 6 heteroatoms. The van der Waals surface area contributed by atoms with Gasteiger partial charge in [-0.1, -0.05) is 81.4 Å². The van der Waals surface area contributed by atoms with Gasteiger partial charge in [-0.25, -0.2) is 0 Å². The molecule has 1 atom stereocenters. The second-order valence-electron chi connectivity index (χ2n) is 9.29. The molecular weight excluding hydrogens is 385 g/mol. The third-order valence-corrected chi connectivity index (χ3v) is 7.03. The minimum absolute atomic E-state index is 0.109. The zero-order chi connectivity index (χ0) is 21.7. The largest absolute Gasteiger partial charge is 0.351 e. The molecule has 2 rings (SSSR count). The lowest BCUT2D eigenvalue weighted by atomic mass is 9.94. The van der Waals surface area contributed by atoms with Crippen LogP contribution in [0.15, 0.2) is 60.7 Å². The van der Waals surface area contributed by atoms with Crippen molar-refractivity contribution >= 4 is 7.60 Å². The minimum atomic E-state index is -3.82. The molecule has 0 bridgehead atoms. The lowest BCUT2D eigenvalue weighted by molar-refractivity contribution is -0.241. The quantitative estimate of drug-likeness (QED) is 0.366. The van der Waals surface area contributed by atoms with Crippen molar-refractivity contribution in [3.63, 3.8) is 0 Å². The van der Waals surface area contributed by atoms with E-state index in [0.717, 1.165) is 16.2 Å². The first-order chi connectivity index (χ1) is 13.4. The summed E-state index contributed by atoms with van der Waals surface area (Å²) >= 11 is 0. The molecule has 29 heavy (non-hydrogen) atoms. The van der Waals surface area contributed by atoms with Crippen LogP contribution in [0.2, 0.25) is 0 Å². The van der Waals surface area contributed by atoms with Gasteiger partial charge in [-0.3, -0.25) is 4.57 Å². The molecule has 0 saturated carbocycles. The second kappa shape index (κ2) is 9.55. The first-order valence-electron chi connectivity index (χ1n) is 9.86. The van der Waals surface area contributed by atoms with Gasteiger partial charge in [0.1, 0.15) is 5.78 Å². The fraction of sp³-hybridized carbons (Fsp3) is 0.478. The van der Waals surface area contributed by atoms with Gasteiger partial charge in [0.15, 0.2) is 0 Å². The van der Waals surface area contributed by atoms with Gasteiger partial charge >= 0.3 is 7.60 Å². The van der Waals surface area contributed by atoms with Gasteiger partial charge in [0.25, 0.3) is 0 Å². The van der Waals surface area contributed by atoms with Crippen LogP contribution in [0.3, 0.4) is 0 Å². The Morgan fingerprint density at radius 1 is 0.793 bits per heavy atom. The Labute approximate surface area is 175 Å². The third-order valence-electron chi connectivity index (χ3n) is 4.47. The Morgan fingerprint density at radius 3 is 1.48 bits per heavy atom. The van der Waals surface area contributed by atoms with Gasteiger partial charge in [0, 0.05) is 5.54 Å². The maximum Gasteiger partial charge on any atom is 0.351 e. The van der Waals surface area contributed by atoms with Crippen molar-refractivity contribution in [2.75, 3.05) is 0 Å². The lowest BCUT2D eigenvalue weighted by Crippen LogP contribution is -2.50. The maximum atomic E-state index is 14.1. The summed E-state index contributed by atoms with van der Waals surface area (Å²) in [6.07, 6.45) is 0. The van der Waals surface area contributed by atoms with Gasteiger partial charge in [0.2, 0.25) is 0 Å². The topological polar surface area (TPSA) is 58.7 Å². The summed E-state index contributed by atoms with van der Waals surface area (Å²) in [5.41, 5.74) is 0.367. The number of rotatable bonds is 8. The normalized spacial score (nSPS) is 14.2. The van der Waals surface area contributed by atoms with Gasteiger partial charge in [-0.2, -0.15) is 0 Å². The van der Waals surface area contributed by atoms with Gasteiger partial charge < -0.3 is 9.05 Å². The number of hydroxylamine groups is 2. The SMILES string of the molecule is CC(C)(C)[C@@H](N([O])C(C)(C)C)P(=O)(OCc1ccccc1)OCc1ccccc1. The number of hydrogen-bond acceptors (Lipinski definition) is 4. The highest BCUT2D eigenvalue weighted by Gasteiger charge is 2.51. The van der Waals surface area contributed by atoms with Gasteiger partial charge in [-0.15, -0.1) is 10.3 Å². The molecule has 0 aliphatic rings. The molecule has 0 heterocycles. The summed E-state index contributed by atoms with van der Waals surface area (Å²) in [5.74, 6) is -0.956. The Balaban J connectivity index is 2.37. The molecule has 159 valence electrons. The molecule has 5 nitrogen and oxygen atoms in total. The lowest BCUT2D eigenvalue weighted by Gasteiger charge is -2.43. The van der Waals surface area contributed by atoms with E-state index < -0.39 is 24.3 Å². The maximum absolute atomic E-state index is 14.1. The molecule has 1 radical (unpaired) electrons. The molecule has 0 unspecified atom stereocenters. The standard InChI is InChI=1S/C23H33NO4P/c1-22(2,3)21(24(25)23(4,5)6)29(26,27-17-19-13-9-7-10-14-19)28-18-20-15-11-8-12-16-20/h7-16,21H,17-18H2,1-6H3/t21-/m0/s1. The molecule has 0 aromatic heterocycles. The van der Waals surface area contributed by atoms with Crippen LogP contribution in [-0.2, 0) is 32.0 Å².